The number of likely N-dealkylation sites (N-methyl/N-ethyl adjacent to an activating group) is 1. The molecule has 0 unspecified atom stereocenters. The predicted molar refractivity (Wildman–Crippen MR) is 56.5 cm³/mol. The van der Waals surface area contributed by atoms with Crippen LogP contribution in [0.5, 0.6) is 5.75 Å². The topological polar surface area (TPSA) is 32.7 Å². The Hall–Kier alpha value is -1.27. The molecule has 0 bridgehead atoms. The summed E-state index contributed by atoms with van der Waals surface area (Å²) in [7, 11) is 1.76. The van der Waals surface area contributed by atoms with E-state index >= 15 is 0 Å². The molecule has 3 nitrogen and oxygen atoms in total. The molecule has 1 aromatic rings. The van der Waals surface area contributed by atoms with Crippen molar-refractivity contribution < 1.29 is 23.0 Å². The van der Waals surface area contributed by atoms with E-state index in [9.17, 15) is 13.2 Å². The molecule has 1 N–H and O–H groups in total. The fourth-order valence-corrected chi connectivity index (χ4v) is 1.40. The Labute approximate surface area is 97.4 Å². The lowest BCUT2D eigenvalue weighted by Gasteiger charge is -2.15. The van der Waals surface area contributed by atoms with Crippen molar-refractivity contribution in [1.82, 2.24) is 4.90 Å². The Bertz CT molecular complexity index is 361. The zero-order valence-electron chi connectivity index (χ0n) is 9.37. The lowest BCUT2D eigenvalue weighted by molar-refractivity contribution is -0.0522. The van der Waals surface area contributed by atoms with Crippen molar-refractivity contribution in [3.63, 3.8) is 0 Å². The second-order valence-electron chi connectivity index (χ2n) is 3.60. The van der Waals surface area contributed by atoms with E-state index in [0.29, 0.717) is 18.7 Å². The number of ether oxygens (including phenoxy) is 1. The molecular formula is C11H14F3NO2. The second-order valence-corrected chi connectivity index (χ2v) is 3.60. The highest BCUT2D eigenvalue weighted by atomic mass is 19.3. The zero-order valence-corrected chi connectivity index (χ0v) is 9.37. The van der Waals surface area contributed by atoms with Gasteiger partial charge in [-0.05, 0) is 24.7 Å². The van der Waals surface area contributed by atoms with Gasteiger partial charge in [-0.3, -0.25) is 4.90 Å². The lowest BCUT2D eigenvalue weighted by atomic mass is 10.2. The zero-order chi connectivity index (χ0) is 12.8. The van der Waals surface area contributed by atoms with Gasteiger partial charge in [0.25, 0.3) is 0 Å². The van der Waals surface area contributed by atoms with Crippen molar-refractivity contribution in [2.45, 2.75) is 13.2 Å². The Morgan fingerprint density at radius 3 is 2.65 bits per heavy atom. The molecule has 0 fully saturated rings. The Morgan fingerprint density at radius 1 is 1.41 bits per heavy atom. The number of aliphatic hydroxyl groups excluding tert-OH is 1. The second kappa shape index (κ2) is 6.46. The molecule has 0 aliphatic rings. The molecule has 0 aliphatic heterocycles. The van der Waals surface area contributed by atoms with Crippen LogP contribution in [0, 0.1) is 5.82 Å². The minimum absolute atomic E-state index is 0.00552. The average Bonchev–Trinajstić information content (AvgIpc) is 2.22. The number of alkyl halides is 2. The third-order valence-electron chi connectivity index (χ3n) is 2.15. The van der Waals surface area contributed by atoms with E-state index in [-0.39, 0.29) is 6.61 Å². The molecule has 1 rings (SSSR count). The van der Waals surface area contributed by atoms with Gasteiger partial charge in [-0.1, -0.05) is 6.07 Å². The quantitative estimate of drug-likeness (QED) is 0.835. The summed E-state index contributed by atoms with van der Waals surface area (Å²) in [5, 5.41) is 8.69. The van der Waals surface area contributed by atoms with Crippen LogP contribution in [-0.2, 0) is 6.54 Å². The Morgan fingerprint density at radius 2 is 2.12 bits per heavy atom. The lowest BCUT2D eigenvalue weighted by Crippen LogP contribution is -2.21. The van der Waals surface area contributed by atoms with Crippen LogP contribution < -0.4 is 4.74 Å². The molecule has 0 radical (unpaired) electrons. The molecule has 0 aliphatic carbocycles. The van der Waals surface area contributed by atoms with E-state index in [1.807, 2.05) is 0 Å². The summed E-state index contributed by atoms with van der Waals surface area (Å²) in [6, 6.07) is 3.82. The molecule has 0 heterocycles. The van der Waals surface area contributed by atoms with Crippen LogP contribution in [0.3, 0.4) is 0 Å². The molecule has 0 amide bonds. The molecule has 0 saturated carbocycles. The van der Waals surface area contributed by atoms with Crippen LogP contribution in [-0.4, -0.2) is 36.8 Å². The molecule has 1 aromatic carbocycles. The maximum absolute atomic E-state index is 13.3. The largest absolute Gasteiger partial charge is 0.432 e. The Balaban J connectivity index is 2.68. The first-order valence-electron chi connectivity index (χ1n) is 5.05. The van der Waals surface area contributed by atoms with Gasteiger partial charge in [0.15, 0.2) is 11.6 Å². The third kappa shape index (κ3) is 4.62. The summed E-state index contributed by atoms with van der Waals surface area (Å²) in [5.41, 5.74) is 0.625. The van der Waals surface area contributed by atoms with E-state index in [2.05, 4.69) is 4.74 Å². The van der Waals surface area contributed by atoms with E-state index in [4.69, 9.17) is 5.11 Å². The molecule has 96 valence electrons. The van der Waals surface area contributed by atoms with Gasteiger partial charge in [-0.15, -0.1) is 0 Å². The summed E-state index contributed by atoms with van der Waals surface area (Å²) in [6.07, 6.45) is 0. The van der Waals surface area contributed by atoms with Crippen LogP contribution >= 0.6 is 0 Å². The first kappa shape index (κ1) is 13.8. The predicted octanol–water partition coefficient (Wildman–Crippen LogP) is 1.85. The molecule has 17 heavy (non-hydrogen) atoms. The van der Waals surface area contributed by atoms with E-state index in [1.54, 1.807) is 11.9 Å². The highest BCUT2D eigenvalue weighted by molar-refractivity contribution is 5.29. The Kier molecular flexibility index (Phi) is 5.24. The van der Waals surface area contributed by atoms with Gasteiger partial charge in [-0.25, -0.2) is 4.39 Å². The van der Waals surface area contributed by atoms with E-state index in [1.165, 1.54) is 12.1 Å². The highest BCUT2D eigenvalue weighted by Gasteiger charge is 2.10. The van der Waals surface area contributed by atoms with Gasteiger partial charge in [0.1, 0.15) is 0 Å². The number of nitrogens with zero attached hydrogens (tertiary/aromatic N) is 1. The number of rotatable bonds is 6. The summed E-state index contributed by atoms with van der Waals surface area (Å²) in [6.45, 7) is -2.15. The van der Waals surface area contributed by atoms with Crippen molar-refractivity contribution in [2.24, 2.45) is 0 Å². The van der Waals surface area contributed by atoms with Crippen molar-refractivity contribution in [3.8, 4) is 5.75 Å². The van der Waals surface area contributed by atoms with Gasteiger partial charge < -0.3 is 9.84 Å². The fraction of sp³-hybridized carbons (Fsp3) is 0.455. The van der Waals surface area contributed by atoms with Crippen LogP contribution in [0.15, 0.2) is 18.2 Å². The summed E-state index contributed by atoms with van der Waals surface area (Å²) >= 11 is 0. The molecular weight excluding hydrogens is 235 g/mol. The van der Waals surface area contributed by atoms with Crippen molar-refractivity contribution in [3.05, 3.63) is 29.6 Å². The number of hydrogen-bond donors (Lipinski definition) is 1. The first-order chi connectivity index (χ1) is 8.02. The maximum atomic E-state index is 13.3. The first-order valence-corrected chi connectivity index (χ1v) is 5.05. The van der Waals surface area contributed by atoms with Gasteiger partial charge >= 0.3 is 6.61 Å². The normalized spacial score (nSPS) is 11.2. The summed E-state index contributed by atoms with van der Waals surface area (Å²) in [5.74, 6) is -1.28. The summed E-state index contributed by atoms with van der Waals surface area (Å²) in [4.78, 5) is 1.78. The fourth-order valence-electron chi connectivity index (χ4n) is 1.40. The minimum Gasteiger partial charge on any atom is -0.432 e. The van der Waals surface area contributed by atoms with E-state index < -0.39 is 18.2 Å². The van der Waals surface area contributed by atoms with Gasteiger partial charge in [-0.2, -0.15) is 8.78 Å². The number of benzene rings is 1. The summed E-state index contributed by atoms with van der Waals surface area (Å²) < 4.78 is 41.1. The molecule has 0 aromatic heterocycles. The van der Waals surface area contributed by atoms with Crippen LogP contribution in [0.25, 0.3) is 0 Å². The molecule has 0 atom stereocenters. The van der Waals surface area contributed by atoms with E-state index in [0.717, 1.165) is 6.07 Å². The number of aliphatic hydroxyl groups is 1. The molecule has 0 saturated heterocycles. The minimum atomic E-state index is -3.03. The number of halogens is 3. The van der Waals surface area contributed by atoms with Gasteiger partial charge in [0.2, 0.25) is 0 Å². The standard InChI is InChI=1S/C11H14F3NO2/c1-15(4-5-16)7-8-2-3-10(9(12)6-8)17-11(13)14/h2-3,6,11,16H,4-5,7H2,1H3. The van der Waals surface area contributed by atoms with Crippen molar-refractivity contribution in [1.29, 1.82) is 0 Å². The maximum Gasteiger partial charge on any atom is 0.387 e. The molecule has 6 heteroatoms. The third-order valence-corrected chi connectivity index (χ3v) is 2.15. The van der Waals surface area contributed by atoms with Crippen molar-refractivity contribution in [2.75, 3.05) is 20.2 Å². The SMILES string of the molecule is CN(CCO)Cc1ccc(OC(F)F)c(F)c1. The number of hydrogen-bond acceptors (Lipinski definition) is 3. The smallest absolute Gasteiger partial charge is 0.387 e. The highest BCUT2D eigenvalue weighted by Crippen LogP contribution is 2.20. The van der Waals surface area contributed by atoms with Gasteiger partial charge in [0.05, 0.1) is 6.61 Å². The van der Waals surface area contributed by atoms with Crippen LogP contribution in [0.2, 0.25) is 0 Å². The average molecular weight is 249 g/mol. The van der Waals surface area contributed by atoms with Crippen molar-refractivity contribution >= 4 is 0 Å². The van der Waals surface area contributed by atoms with Gasteiger partial charge in [0, 0.05) is 13.1 Å². The monoisotopic (exact) mass is 249 g/mol. The molecule has 0 spiro atoms. The van der Waals surface area contributed by atoms with Crippen LogP contribution in [0.4, 0.5) is 13.2 Å². The van der Waals surface area contributed by atoms with Crippen LogP contribution in [0.1, 0.15) is 5.56 Å².